The Bertz CT molecular complexity index is 3470. The summed E-state index contributed by atoms with van der Waals surface area (Å²) in [7, 11) is 0. The van der Waals surface area contributed by atoms with Gasteiger partial charge in [-0.3, -0.25) is 0 Å². The molecule has 3 heterocycles. The number of anilines is 3. The molecule has 0 bridgehead atoms. The Hall–Kier alpha value is -6.88. The molecule has 0 saturated heterocycles. The van der Waals surface area contributed by atoms with Gasteiger partial charge in [0, 0.05) is 48.0 Å². The molecule has 12 rings (SSSR count). The van der Waals surface area contributed by atoms with Crippen LogP contribution in [0.25, 0.3) is 96.7 Å². The second-order valence-corrected chi connectivity index (χ2v) is 15.0. The molecular formula is C50H29NO2S. The smallest absolute Gasteiger partial charge is 0.143 e. The van der Waals surface area contributed by atoms with E-state index in [9.17, 15) is 0 Å². The molecule has 0 atom stereocenters. The largest absolute Gasteiger partial charge is 0.455 e. The molecule has 0 aliphatic carbocycles. The van der Waals surface area contributed by atoms with E-state index < -0.39 is 0 Å². The summed E-state index contributed by atoms with van der Waals surface area (Å²) in [5.41, 5.74) is 9.07. The molecule has 4 heteroatoms. The van der Waals surface area contributed by atoms with E-state index in [2.05, 4.69) is 181 Å². The van der Waals surface area contributed by atoms with Crippen LogP contribution in [0, 0.1) is 0 Å². The van der Waals surface area contributed by atoms with Gasteiger partial charge in [-0.1, -0.05) is 127 Å². The maximum Gasteiger partial charge on any atom is 0.143 e. The van der Waals surface area contributed by atoms with Crippen molar-refractivity contribution >= 4 is 114 Å². The summed E-state index contributed by atoms with van der Waals surface area (Å²) in [6.07, 6.45) is 0. The number of fused-ring (bicyclic) bond motifs is 13. The van der Waals surface area contributed by atoms with Crippen molar-refractivity contribution in [1.29, 1.82) is 0 Å². The highest BCUT2D eigenvalue weighted by molar-refractivity contribution is 7.26. The first-order chi connectivity index (χ1) is 26.8. The molecule has 0 amide bonds. The van der Waals surface area contributed by atoms with Crippen LogP contribution in [0.3, 0.4) is 0 Å². The highest BCUT2D eigenvalue weighted by Crippen LogP contribution is 2.51. The van der Waals surface area contributed by atoms with Gasteiger partial charge in [-0.2, -0.15) is 0 Å². The molecule has 9 aromatic carbocycles. The molecule has 0 aliphatic rings. The zero-order valence-corrected chi connectivity index (χ0v) is 29.7. The minimum absolute atomic E-state index is 0.861. The molecule has 0 unspecified atom stereocenters. The summed E-state index contributed by atoms with van der Waals surface area (Å²) in [5, 5.41) is 11.5. The van der Waals surface area contributed by atoms with Crippen LogP contribution in [-0.4, -0.2) is 0 Å². The van der Waals surface area contributed by atoms with E-state index in [1.807, 2.05) is 11.3 Å². The highest BCUT2D eigenvalue weighted by atomic mass is 32.1. The topological polar surface area (TPSA) is 29.5 Å². The molecule has 3 aromatic heterocycles. The van der Waals surface area contributed by atoms with Crippen LogP contribution in [-0.2, 0) is 0 Å². The molecular weight excluding hydrogens is 679 g/mol. The first-order valence-electron chi connectivity index (χ1n) is 18.3. The van der Waals surface area contributed by atoms with Gasteiger partial charge in [0.2, 0.25) is 0 Å². The Morgan fingerprint density at radius 2 is 0.889 bits per heavy atom. The summed E-state index contributed by atoms with van der Waals surface area (Å²) in [6, 6.07) is 63.0. The Morgan fingerprint density at radius 1 is 0.352 bits per heavy atom. The van der Waals surface area contributed by atoms with Gasteiger partial charge >= 0.3 is 0 Å². The third-order valence-electron chi connectivity index (χ3n) is 11.1. The monoisotopic (exact) mass is 707 g/mol. The molecule has 0 aliphatic heterocycles. The van der Waals surface area contributed by atoms with Crippen molar-refractivity contribution in [3.63, 3.8) is 0 Å². The number of rotatable bonds is 4. The summed E-state index contributed by atoms with van der Waals surface area (Å²) in [6.45, 7) is 0. The summed E-state index contributed by atoms with van der Waals surface area (Å²) in [4.78, 5) is 2.47. The zero-order valence-electron chi connectivity index (χ0n) is 28.9. The van der Waals surface area contributed by atoms with E-state index in [0.29, 0.717) is 0 Å². The van der Waals surface area contributed by atoms with Crippen molar-refractivity contribution in [3.8, 4) is 11.1 Å². The zero-order chi connectivity index (χ0) is 35.3. The van der Waals surface area contributed by atoms with Gasteiger partial charge in [0.15, 0.2) is 0 Å². The Kier molecular flexibility index (Phi) is 6.21. The van der Waals surface area contributed by atoms with Gasteiger partial charge in [0.05, 0.1) is 27.1 Å². The predicted molar refractivity (Wildman–Crippen MR) is 229 cm³/mol. The fraction of sp³-hybridized carbons (Fsp3) is 0. The average Bonchev–Trinajstić information content (AvgIpc) is 3.94. The highest BCUT2D eigenvalue weighted by Gasteiger charge is 2.26. The average molecular weight is 708 g/mol. The Labute approximate surface area is 313 Å². The number of hydrogen-bond acceptors (Lipinski definition) is 4. The quantitative estimate of drug-likeness (QED) is 0.182. The number of nitrogens with zero attached hydrogens (tertiary/aromatic N) is 1. The molecule has 0 spiro atoms. The Morgan fingerprint density at radius 3 is 1.67 bits per heavy atom. The lowest BCUT2D eigenvalue weighted by Crippen LogP contribution is -2.11. The number of thiophene rings is 1. The van der Waals surface area contributed by atoms with Crippen LogP contribution in [0.1, 0.15) is 0 Å². The van der Waals surface area contributed by atoms with E-state index in [1.54, 1.807) is 0 Å². The molecule has 54 heavy (non-hydrogen) atoms. The van der Waals surface area contributed by atoms with Gasteiger partial charge in [0.1, 0.15) is 22.3 Å². The standard InChI is InChI=1S/C50H29NO2S/c1-3-14-32-30(12-1)26-28-38-46-36(18-10-23-43(46)52-48(32)38)34-16-5-7-20-40(34)51(42-22-9-19-37-35-17-6-8-25-45(35)54-50(37)42)41-21-11-24-44-47(41)39-29-27-31-13-2-4-15-33(31)49(39)53-44/h1-29H. The molecule has 0 N–H and O–H groups in total. The maximum absolute atomic E-state index is 6.77. The first-order valence-corrected chi connectivity index (χ1v) is 19.1. The van der Waals surface area contributed by atoms with Crippen LogP contribution in [0.2, 0.25) is 0 Å². The van der Waals surface area contributed by atoms with Crippen molar-refractivity contribution in [2.24, 2.45) is 0 Å². The lowest BCUT2D eigenvalue weighted by atomic mass is 9.95. The van der Waals surface area contributed by atoms with Crippen molar-refractivity contribution in [2.45, 2.75) is 0 Å². The normalized spacial score (nSPS) is 12.1. The van der Waals surface area contributed by atoms with Crippen LogP contribution in [0.5, 0.6) is 0 Å². The Balaban J connectivity index is 1.20. The first kappa shape index (κ1) is 29.7. The molecule has 0 radical (unpaired) electrons. The van der Waals surface area contributed by atoms with E-state index in [4.69, 9.17) is 8.83 Å². The maximum atomic E-state index is 6.77. The van der Waals surface area contributed by atoms with E-state index in [0.717, 1.165) is 88.2 Å². The van der Waals surface area contributed by atoms with Gasteiger partial charge < -0.3 is 13.7 Å². The molecule has 252 valence electrons. The van der Waals surface area contributed by atoms with Crippen LogP contribution in [0.4, 0.5) is 17.1 Å². The minimum atomic E-state index is 0.861. The van der Waals surface area contributed by atoms with E-state index in [1.165, 1.54) is 25.6 Å². The lowest BCUT2D eigenvalue weighted by molar-refractivity contribution is 0.672. The van der Waals surface area contributed by atoms with Crippen LogP contribution in [0.15, 0.2) is 185 Å². The lowest BCUT2D eigenvalue weighted by Gasteiger charge is -2.29. The summed E-state index contributed by atoms with van der Waals surface area (Å²) < 4.78 is 16.0. The molecule has 3 nitrogen and oxygen atoms in total. The number of para-hydroxylation sites is 1. The second kappa shape index (κ2) is 11.3. The van der Waals surface area contributed by atoms with Crippen molar-refractivity contribution in [2.75, 3.05) is 4.90 Å². The van der Waals surface area contributed by atoms with Gasteiger partial charge in [0.25, 0.3) is 0 Å². The van der Waals surface area contributed by atoms with Crippen molar-refractivity contribution in [1.82, 2.24) is 0 Å². The van der Waals surface area contributed by atoms with Crippen molar-refractivity contribution in [3.05, 3.63) is 176 Å². The molecule has 0 saturated carbocycles. The molecule has 12 aromatic rings. The van der Waals surface area contributed by atoms with E-state index in [-0.39, 0.29) is 0 Å². The van der Waals surface area contributed by atoms with Crippen LogP contribution < -0.4 is 4.90 Å². The van der Waals surface area contributed by atoms with Crippen LogP contribution >= 0.6 is 11.3 Å². The summed E-state index contributed by atoms with van der Waals surface area (Å²) in [5.74, 6) is 0. The fourth-order valence-electron chi connectivity index (χ4n) is 8.69. The number of benzene rings is 9. The van der Waals surface area contributed by atoms with Gasteiger partial charge in [-0.15, -0.1) is 11.3 Å². The number of hydrogen-bond donors (Lipinski definition) is 0. The molecule has 0 fully saturated rings. The SMILES string of the molecule is c1ccc(N(c2cccc3c2sc2ccccc23)c2cccc3oc4c5ccccc5ccc4c23)c(-c2cccc3oc4c5ccccc5ccc4c23)c1. The van der Waals surface area contributed by atoms with Gasteiger partial charge in [-0.25, -0.2) is 0 Å². The second-order valence-electron chi connectivity index (χ2n) is 14.0. The predicted octanol–water partition coefficient (Wildman–Crippen LogP) is 15.3. The van der Waals surface area contributed by atoms with Gasteiger partial charge in [-0.05, 0) is 64.9 Å². The van der Waals surface area contributed by atoms with Crippen molar-refractivity contribution < 1.29 is 8.83 Å². The number of furan rings is 2. The van der Waals surface area contributed by atoms with E-state index >= 15 is 0 Å². The third kappa shape index (κ3) is 4.17. The fourth-order valence-corrected chi connectivity index (χ4v) is 9.90. The third-order valence-corrected chi connectivity index (χ3v) is 12.3. The minimum Gasteiger partial charge on any atom is -0.455 e. The summed E-state index contributed by atoms with van der Waals surface area (Å²) >= 11 is 1.85.